The van der Waals surface area contributed by atoms with Crippen molar-refractivity contribution in [3.05, 3.63) is 35.9 Å². The molecular formula is C14H18N2O2. The Labute approximate surface area is 107 Å². The van der Waals surface area contributed by atoms with Gasteiger partial charge in [0, 0.05) is 24.5 Å². The molecule has 0 bridgehead atoms. The van der Waals surface area contributed by atoms with E-state index in [-0.39, 0.29) is 17.6 Å². The number of benzene rings is 1. The Bertz CT molecular complexity index is 448. The maximum Gasteiger partial charge on any atom is 0.410 e. The van der Waals surface area contributed by atoms with Gasteiger partial charge in [0.05, 0.1) is 0 Å². The molecule has 4 nitrogen and oxygen atoms in total. The van der Waals surface area contributed by atoms with Crippen LogP contribution in [0.25, 0.3) is 0 Å². The zero-order valence-corrected chi connectivity index (χ0v) is 10.3. The average molecular weight is 246 g/mol. The van der Waals surface area contributed by atoms with Crippen molar-refractivity contribution in [2.45, 2.75) is 25.5 Å². The van der Waals surface area contributed by atoms with Gasteiger partial charge in [0.1, 0.15) is 6.61 Å². The zero-order chi connectivity index (χ0) is 12.6. The average Bonchev–Trinajstić information content (AvgIpc) is 2.83. The van der Waals surface area contributed by atoms with E-state index < -0.39 is 0 Å². The van der Waals surface area contributed by atoms with Gasteiger partial charge < -0.3 is 15.4 Å². The molecule has 1 aliphatic heterocycles. The van der Waals surface area contributed by atoms with Crippen LogP contribution in [0.3, 0.4) is 0 Å². The third-order valence-electron chi connectivity index (χ3n) is 4.10. The lowest BCUT2D eigenvalue weighted by Crippen LogP contribution is -2.30. The van der Waals surface area contributed by atoms with Gasteiger partial charge in [-0.05, 0) is 18.4 Å². The number of carbonyl (C=O) groups is 1. The highest BCUT2D eigenvalue weighted by Gasteiger charge is 2.56. The molecule has 2 N–H and O–H groups in total. The van der Waals surface area contributed by atoms with Gasteiger partial charge in [-0.2, -0.15) is 0 Å². The highest BCUT2D eigenvalue weighted by Crippen LogP contribution is 2.51. The van der Waals surface area contributed by atoms with Crippen molar-refractivity contribution in [3.63, 3.8) is 0 Å². The van der Waals surface area contributed by atoms with Gasteiger partial charge in [-0.25, -0.2) is 4.79 Å². The summed E-state index contributed by atoms with van der Waals surface area (Å²) in [5.74, 6) is 0. The Morgan fingerprint density at radius 3 is 2.78 bits per heavy atom. The topological polar surface area (TPSA) is 55.6 Å². The number of nitrogens with zero attached hydrogens (tertiary/aromatic N) is 1. The van der Waals surface area contributed by atoms with E-state index in [2.05, 4.69) is 0 Å². The Morgan fingerprint density at radius 2 is 2.17 bits per heavy atom. The lowest BCUT2D eigenvalue weighted by molar-refractivity contribution is 0.102. The van der Waals surface area contributed by atoms with Crippen LogP contribution in [-0.4, -0.2) is 30.1 Å². The summed E-state index contributed by atoms with van der Waals surface area (Å²) in [7, 11) is 0. The van der Waals surface area contributed by atoms with E-state index in [0.717, 1.165) is 31.5 Å². The maximum absolute atomic E-state index is 11.9. The first-order valence-corrected chi connectivity index (χ1v) is 6.41. The van der Waals surface area contributed by atoms with Crippen LogP contribution in [0.15, 0.2) is 30.3 Å². The molecule has 1 amide bonds. The second-order valence-corrected chi connectivity index (χ2v) is 5.38. The highest BCUT2D eigenvalue weighted by molar-refractivity contribution is 5.68. The first-order valence-electron chi connectivity index (χ1n) is 6.41. The predicted octanol–water partition coefficient (Wildman–Crippen LogP) is 1.75. The fourth-order valence-corrected chi connectivity index (χ4v) is 2.71. The fourth-order valence-electron chi connectivity index (χ4n) is 2.71. The summed E-state index contributed by atoms with van der Waals surface area (Å²) in [6, 6.07) is 10.0. The van der Waals surface area contributed by atoms with E-state index in [9.17, 15) is 4.79 Å². The summed E-state index contributed by atoms with van der Waals surface area (Å²) in [6.07, 6.45) is 1.86. The normalized spacial score (nSPS) is 29.6. The number of nitrogens with two attached hydrogens (primary N) is 1. The van der Waals surface area contributed by atoms with Gasteiger partial charge >= 0.3 is 6.09 Å². The maximum atomic E-state index is 11.9. The van der Waals surface area contributed by atoms with Crippen LogP contribution >= 0.6 is 0 Å². The van der Waals surface area contributed by atoms with Crippen LogP contribution in [0.4, 0.5) is 4.79 Å². The lowest BCUT2D eigenvalue weighted by Gasteiger charge is -2.16. The Hall–Kier alpha value is -1.55. The van der Waals surface area contributed by atoms with Gasteiger partial charge in [0.2, 0.25) is 0 Å². The number of rotatable bonds is 2. The molecule has 0 aromatic heterocycles. The predicted molar refractivity (Wildman–Crippen MR) is 67.8 cm³/mol. The summed E-state index contributed by atoms with van der Waals surface area (Å²) in [5.41, 5.74) is 7.14. The monoisotopic (exact) mass is 246 g/mol. The molecule has 2 aliphatic rings. The molecule has 2 atom stereocenters. The lowest BCUT2D eigenvalue weighted by atomic mass is 10.1. The quantitative estimate of drug-likeness (QED) is 0.865. The Morgan fingerprint density at radius 1 is 1.44 bits per heavy atom. The molecule has 1 spiro atoms. The number of hydrogen-bond acceptors (Lipinski definition) is 3. The molecule has 1 aromatic carbocycles. The van der Waals surface area contributed by atoms with Crippen LogP contribution < -0.4 is 5.73 Å². The van der Waals surface area contributed by atoms with Crippen molar-refractivity contribution in [1.82, 2.24) is 4.90 Å². The molecule has 2 fully saturated rings. The number of likely N-dealkylation sites (tertiary alicyclic amines) is 1. The van der Waals surface area contributed by atoms with Crippen molar-refractivity contribution in [1.29, 1.82) is 0 Å². The van der Waals surface area contributed by atoms with Crippen molar-refractivity contribution >= 4 is 6.09 Å². The summed E-state index contributed by atoms with van der Waals surface area (Å²) in [4.78, 5) is 13.7. The van der Waals surface area contributed by atoms with Crippen LogP contribution in [0.5, 0.6) is 0 Å². The molecule has 1 saturated heterocycles. The number of hydrogen-bond donors (Lipinski definition) is 1. The molecule has 1 aliphatic carbocycles. The molecule has 96 valence electrons. The molecule has 4 heteroatoms. The summed E-state index contributed by atoms with van der Waals surface area (Å²) in [6.45, 7) is 1.89. The van der Waals surface area contributed by atoms with Crippen LogP contribution in [0, 0.1) is 5.41 Å². The van der Waals surface area contributed by atoms with Gasteiger partial charge in [0.25, 0.3) is 0 Å². The SMILES string of the molecule is N[C@H]1C[C@]12CCN(C(=O)OCc1ccccc1)C2. The fraction of sp³-hybridized carbons (Fsp3) is 0.500. The third-order valence-corrected chi connectivity index (χ3v) is 4.10. The van der Waals surface area contributed by atoms with Gasteiger partial charge in [0.15, 0.2) is 0 Å². The molecule has 1 heterocycles. The summed E-state index contributed by atoms with van der Waals surface area (Å²) < 4.78 is 5.31. The van der Waals surface area contributed by atoms with Crippen molar-refractivity contribution in [2.24, 2.45) is 11.1 Å². The number of amides is 1. The van der Waals surface area contributed by atoms with Gasteiger partial charge in [-0.15, -0.1) is 0 Å². The van der Waals surface area contributed by atoms with Gasteiger partial charge in [-0.1, -0.05) is 30.3 Å². The van der Waals surface area contributed by atoms with E-state index in [4.69, 9.17) is 10.5 Å². The zero-order valence-electron chi connectivity index (χ0n) is 10.3. The highest BCUT2D eigenvalue weighted by atomic mass is 16.6. The van der Waals surface area contributed by atoms with Gasteiger partial charge in [-0.3, -0.25) is 0 Å². The van der Waals surface area contributed by atoms with Crippen molar-refractivity contribution < 1.29 is 9.53 Å². The third kappa shape index (κ3) is 2.08. The molecule has 1 aromatic rings. The van der Waals surface area contributed by atoms with E-state index in [1.54, 1.807) is 4.90 Å². The second kappa shape index (κ2) is 4.28. The van der Waals surface area contributed by atoms with Crippen LogP contribution in [0.1, 0.15) is 18.4 Å². The number of ether oxygens (including phenoxy) is 1. The molecule has 0 unspecified atom stereocenters. The van der Waals surface area contributed by atoms with Crippen molar-refractivity contribution in [2.75, 3.05) is 13.1 Å². The molecular weight excluding hydrogens is 228 g/mol. The minimum absolute atomic E-state index is 0.213. The minimum atomic E-state index is -0.213. The van der Waals surface area contributed by atoms with Crippen LogP contribution in [-0.2, 0) is 11.3 Å². The van der Waals surface area contributed by atoms with Crippen molar-refractivity contribution in [3.8, 4) is 0 Å². The van der Waals surface area contributed by atoms with E-state index >= 15 is 0 Å². The second-order valence-electron chi connectivity index (χ2n) is 5.38. The first kappa shape index (κ1) is 11.5. The Kier molecular flexibility index (Phi) is 2.74. The van der Waals surface area contributed by atoms with E-state index in [1.165, 1.54) is 0 Å². The minimum Gasteiger partial charge on any atom is -0.445 e. The summed E-state index contributed by atoms with van der Waals surface area (Å²) in [5, 5.41) is 0. The summed E-state index contributed by atoms with van der Waals surface area (Å²) >= 11 is 0. The standard InChI is InChI=1S/C14H18N2O2/c15-12-8-14(12)6-7-16(10-14)13(17)18-9-11-4-2-1-3-5-11/h1-5,12H,6-10,15H2/t12-,14-/m0/s1. The molecule has 3 rings (SSSR count). The first-order chi connectivity index (χ1) is 8.70. The smallest absolute Gasteiger partial charge is 0.410 e. The largest absolute Gasteiger partial charge is 0.445 e. The molecule has 0 radical (unpaired) electrons. The molecule has 1 saturated carbocycles. The van der Waals surface area contributed by atoms with E-state index in [1.807, 2.05) is 30.3 Å². The van der Waals surface area contributed by atoms with Crippen LogP contribution in [0.2, 0.25) is 0 Å². The number of carbonyl (C=O) groups excluding carboxylic acids is 1. The molecule has 18 heavy (non-hydrogen) atoms. The Balaban J connectivity index is 1.51. The van der Waals surface area contributed by atoms with E-state index in [0.29, 0.717) is 6.61 Å².